The van der Waals surface area contributed by atoms with Crippen molar-refractivity contribution in [3.8, 4) is 28.5 Å². The van der Waals surface area contributed by atoms with Gasteiger partial charge in [0.1, 0.15) is 17.3 Å². The van der Waals surface area contributed by atoms with Crippen LogP contribution in [0.15, 0.2) is 48.0 Å². The summed E-state index contributed by atoms with van der Waals surface area (Å²) in [6.45, 7) is 0. The smallest absolute Gasteiger partial charge is 0.225 e. The van der Waals surface area contributed by atoms with Crippen LogP contribution in [0.5, 0.6) is 17.2 Å². The summed E-state index contributed by atoms with van der Waals surface area (Å²) in [7, 11) is 4.65. The summed E-state index contributed by atoms with van der Waals surface area (Å²) in [5, 5.41) is 4.86. The van der Waals surface area contributed by atoms with Gasteiger partial charge in [-0.15, -0.1) is 11.3 Å². The standard InChI is InChI=1S/C23H22FN3O4S/c1-29-17-10-6-15(20(30-2)21(17)31-3)7-11-18(28)25-22-19(14-4-8-16(24)9-5-14)26-23-27(22)12-13-32-23/h4-6,8-10,12-13H,7,11H2,1-3H3,(H,25,28). The summed E-state index contributed by atoms with van der Waals surface area (Å²) in [6.07, 6.45) is 2.49. The highest BCUT2D eigenvalue weighted by Gasteiger charge is 2.19. The second-order valence-corrected chi connectivity index (χ2v) is 7.79. The van der Waals surface area contributed by atoms with E-state index in [0.29, 0.717) is 35.2 Å². The van der Waals surface area contributed by atoms with Gasteiger partial charge in [0.15, 0.2) is 16.5 Å². The van der Waals surface area contributed by atoms with Crippen LogP contribution >= 0.6 is 11.3 Å². The van der Waals surface area contributed by atoms with E-state index in [2.05, 4.69) is 10.3 Å². The fourth-order valence-electron chi connectivity index (χ4n) is 3.52. The Morgan fingerprint density at radius 2 is 1.81 bits per heavy atom. The Bertz CT molecular complexity index is 1250. The number of thiazole rings is 1. The maximum Gasteiger partial charge on any atom is 0.225 e. The molecule has 1 amide bonds. The third-order valence-electron chi connectivity index (χ3n) is 5.04. The number of methoxy groups -OCH3 is 3. The average Bonchev–Trinajstić information content (AvgIpc) is 3.40. The highest BCUT2D eigenvalue weighted by molar-refractivity contribution is 7.15. The van der Waals surface area contributed by atoms with Crippen LogP contribution in [0.2, 0.25) is 0 Å². The molecular weight excluding hydrogens is 433 g/mol. The van der Waals surface area contributed by atoms with Gasteiger partial charge in [0.25, 0.3) is 0 Å². The van der Waals surface area contributed by atoms with Crippen LogP contribution in [0.3, 0.4) is 0 Å². The van der Waals surface area contributed by atoms with Gasteiger partial charge < -0.3 is 19.5 Å². The van der Waals surface area contributed by atoms with Gasteiger partial charge in [-0.25, -0.2) is 9.37 Å². The predicted octanol–water partition coefficient (Wildman–Crippen LogP) is 4.80. The number of amides is 1. The van der Waals surface area contributed by atoms with Gasteiger partial charge in [0.2, 0.25) is 11.7 Å². The zero-order valence-corrected chi connectivity index (χ0v) is 18.7. The van der Waals surface area contributed by atoms with E-state index < -0.39 is 0 Å². The maximum atomic E-state index is 13.4. The molecular formula is C23H22FN3O4S. The van der Waals surface area contributed by atoms with Gasteiger partial charge in [0, 0.05) is 23.6 Å². The fraction of sp³-hybridized carbons (Fsp3) is 0.217. The van der Waals surface area contributed by atoms with Crippen molar-refractivity contribution in [1.29, 1.82) is 0 Å². The van der Waals surface area contributed by atoms with Crippen LogP contribution in [0.25, 0.3) is 16.2 Å². The maximum absolute atomic E-state index is 13.4. The Morgan fingerprint density at radius 3 is 2.50 bits per heavy atom. The summed E-state index contributed by atoms with van der Waals surface area (Å²) in [5.74, 6) is 1.62. The van der Waals surface area contributed by atoms with E-state index in [0.717, 1.165) is 16.1 Å². The molecule has 9 heteroatoms. The molecule has 0 spiro atoms. The molecule has 0 radical (unpaired) electrons. The lowest BCUT2D eigenvalue weighted by Gasteiger charge is -2.15. The summed E-state index contributed by atoms with van der Waals surface area (Å²) in [4.78, 5) is 18.2. The van der Waals surface area contributed by atoms with Crippen molar-refractivity contribution in [1.82, 2.24) is 9.38 Å². The molecule has 0 saturated carbocycles. The fourth-order valence-corrected chi connectivity index (χ4v) is 4.23. The second-order valence-electron chi connectivity index (χ2n) is 6.91. The van der Waals surface area contributed by atoms with Crippen molar-refractivity contribution in [2.75, 3.05) is 26.6 Å². The van der Waals surface area contributed by atoms with Crippen molar-refractivity contribution in [3.63, 3.8) is 0 Å². The minimum Gasteiger partial charge on any atom is -0.493 e. The monoisotopic (exact) mass is 455 g/mol. The molecule has 4 aromatic rings. The number of aryl methyl sites for hydroxylation is 1. The number of imidazole rings is 1. The number of rotatable bonds is 8. The minimum absolute atomic E-state index is 0.182. The van der Waals surface area contributed by atoms with E-state index in [1.165, 1.54) is 23.5 Å². The number of halogens is 1. The van der Waals surface area contributed by atoms with Gasteiger partial charge >= 0.3 is 0 Å². The van der Waals surface area contributed by atoms with Crippen molar-refractivity contribution >= 4 is 28.0 Å². The van der Waals surface area contributed by atoms with Crippen molar-refractivity contribution in [2.24, 2.45) is 0 Å². The summed E-state index contributed by atoms with van der Waals surface area (Å²) in [5.41, 5.74) is 2.14. The third kappa shape index (κ3) is 4.11. The van der Waals surface area contributed by atoms with E-state index >= 15 is 0 Å². The number of hydrogen-bond acceptors (Lipinski definition) is 6. The minimum atomic E-state index is -0.329. The SMILES string of the molecule is COc1ccc(CCC(=O)Nc2c(-c3ccc(F)cc3)nc3sccn23)c(OC)c1OC. The Balaban J connectivity index is 1.56. The lowest BCUT2D eigenvalue weighted by atomic mass is 10.1. The van der Waals surface area contributed by atoms with Gasteiger partial charge in [-0.05, 0) is 42.3 Å². The van der Waals surface area contributed by atoms with Crippen molar-refractivity contribution in [2.45, 2.75) is 12.8 Å². The van der Waals surface area contributed by atoms with E-state index in [1.807, 2.05) is 22.0 Å². The molecule has 0 fully saturated rings. The molecule has 0 bridgehead atoms. The molecule has 2 aromatic heterocycles. The summed E-state index contributed by atoms with van der Waals surface area (Å²) < 4.78 is 31.4. The number of benzene rings is 2. The van der Waals surface area contributed by atoms with Gasteiger partial charge in [-0.3, -0.25) is 9.20 Å². The van der Waals surface area contributed by atoms with E-state index in [4.69, 9.17) is 14.2 Å². The summed E-state index contributed by atoms with van der Waals surface area (Å²) >= 11 is 1.45. The van der Waals surface area contributed by atoms with Crippen LogP contribution in [0.1, 0.15) is 12.0 Å². The molecule has 7 nitrogen and oxygen atoms in total. The van der Waals surface area contributed by atoms with Crippen molar-refractivity contribution in [3.05, 3.63) is 59.4 Å². The molecule has 4 rings (SSSR count). The number of fused-ring (bicyclic) bond motifs is 1. The highest BCUT2D eigenvalue weighted by Crippen LogP contribution is 2.40. The Kier molecular flexibility index (Phi) is 6.27. The van der Waals surface area contributed by atoms with Gasteiger partial charge in [0.05, 0.1) is 21.3 Å². The van der Waals surface area contributed by atoms with Crippen LogP contribution in [0, 0.1) is 5.82 Å². The molecule has 0 unspecified atom stereocenters. The quantitative estimate of drug-likeness (QED) is 0.413. The molecule has 166 valence electrons. The van der Waals surface area contributed by atoms with Gasteiger partial charge in [-0.1, -0.05) is 6.07 Å². The van der Waals surface area contributed by atoms with Crippen LogP contribution < -0.4 is 19.5 Å². The first kappa shape index (κ1) is 21.6. The molecule has 1 N–H and O–H groups in total. The predicted molar refractivity (Wildman–Crippen MR) is 122 cm³/mol. The number of carbonyl (C=O) groups is 1. The first-order chi connectivity index (χ1) is 15.5. The Hall–Kier alpha value is -3.59. The van der Waals surface area contributed by atoms with Crippen LogP contribution in [-0.2, 0) is 11.2 Å². The lowest BCUT2D eigenvalue weighted by molar-refractivity contribution is -0.116. The van der Waals surface area contributed by atoms with Crippen LogP contribution in [-0.4, -0.2) is 36.6 Å². The molecule has 0 aliphatic rings. The number of hydrogen-bond donors (Lipinski definition) is 1. The molecule has 0 aliphatic heterocycles. The zero-order valence-electron chi connectivity index (χ0n) is 17.8. The Labute approximate surface area is 188 Å². The first-order valence-corrected chi connectivity index (χ1v) is 10.7. The largest absolute Gasteiger partial charge is 0.493 e. The van der Waals surface area contributed by atoms with E-state index in [9.17, 15) is 9.18 Å². The molecule has 0 aliphatic carbocycles. The number of nitrogens with one attached hydrogen (secondary N) is 1. The normalized spacial score (nSPS) is 10.9. The summed E-state index contributed by atoms with van der Waals surface area (Å²) in [6, 6.07) is 9.67. The average molecular weight is 456 g/mol. The molecule has 2 aromatic carbocycles. The van der Waals surface area contributed by atoms with E-state index in [-0.39, 0.29) is 18.1 Å². The molecule has 0 atom stereocenters. The first-order valence-electron chi connectivity index (χ1n) is 9.85. The molecule has 0 saturated heterocycles. The number of carbonyl (C=O) groups excluding carboxylic acids is 1. The third-order valence-corrected chi connectivity index (χ3v) is 5.80. The van der Waals surface area contributed by atoms with Crippen molar-refractivity contribution < 1.29 is 23.4 Å². The molecule has 32 heavy (non-hydrogen) atoms. The number of aromatic nitrogens is 2. The second kappa shape index (κ2) is 9.27. The van der Waals surface area contributed by atoms with Crippen LogP contribution in [0.4, 0.5) is 10.2 Å². The van der Waals surface area contributed by atoms with E-state index in [1.54, 1.807) is 39.5 Å². The lowest BCUT2D eigenvalue weighted by Crippen LogP contribution is -2.14. The zero-order chi connectivity index (χ0) is 22.7. The number of nitrogens with zero attached hydrogens (tertiary/aromatic N) is 2. The number of anilines is 1. The van der Waals surface area contributed by atoms with Gasteiger partial charge in [-0.2, -0.15) is 0 Å². The number of ether oxygens (including phenoxy) is 3. The Morgan fingerprint density at radius 1 is 1.06 bits per heavy atom. The molecule has 2 heterocycles. The highest BCUT2D eigenvalue weighted by atomic mass is 32.1. The topological polar surface area (TPSA) is 74.1 Å².